The van der Waals surface area contributed by atoms with Crippen LogP contribution in [-0.4, -0.2) is 19.1 Å². The Kier molecular flexibility index (Phi) is 6.81. The highest BCUT2D eigenvalue weighted by Crippen LogP contribution is 2.04. The second kappa shape index (κ2) is 8.48. The average Bonchev–Trinajstić information content (AvgIpc) is 2.39. The first-order valence-corrected chi connectivity index (χ1v) is 6.38. The first-order valence-electron chi connectivity index (χ1n) is 6.38. The van der Waals surface area contributed by atoms with Crippen LogP contribution in [0.4, 0.5) is 0 Å². The molecule has 18 heavy (non-hydrogen) atoms. The molecular formula is C15H21NO2. The van der Waals surface area contributed by atoms with E-state index in [1.165, 1.54) is 17.2 Å². The molecule has 0 amide bonds. The lowest BCUT2D eigenvalue weighted by molar-refractivity contribution is -0.137. The molecule has 0 radical (unpaired) electrons. The molecule has 0 atom stereocenters. The molecule has 0 saturated heterocycles. The molecule has 0 heterocycles. The van der Waals surface area contributed by atoms with Crippen molar-refractivity contribution in [3.63, 3.8) is 0 Å². The molecular weight excluding hydrogens is 226 g/mol. The zero-order valence-electron chi connectivity index (χ0n) is 11.1. The summed E-state index contributed by atoms with van der Waals surface area (Å²) in [6.07, 6.45) is 4.30. The van der Waals surface area contributed by atoms with E-state index in [9.17, 15) is 4.79 Å². The topological polar surface area (TPSA) is 38.3 Å². The summed E-state index contributed by atoms with van der Waals surface area (Å²) in [5.74, 6) is -0.286. The smallest absolute Gasteiger partial charge is 0.330 e. The van der Waals surface area contributed by atoms with Crippen molar-refractivity contribution in [3.05, 3.63) is 47.5 Å². The molecule has 3 nitrogen and oxygen atoms in total. The maximum atomic E-state index is 11.0. The van der Waals surface area contributed by atoms with E-state index in [4.69, 9.17) is 4.74 Å². The van der Waals surface area contributed by atoms with Crippen molar-refractivity contribution in [2.45, 2.75) is 26.8 Å². The van der Waals surface area contributed by atoms with Gasteiger partial charge in [0.05, 0.1) is 6.61 Å². The molecule has 1 aromatic rings. The molecule has 0 unspecified atom stereocenters. The molecule has 1 rings (SSSR count). The molecule has 98 valence electrons. The van der Waals surface area contributed by atoms with Gasteiger partial charge in [-0.1, -0.05) is 37.3 Å². The van der Waals surface area contributed by atoms with Crippen molar-refractivity contribution in [2.75, 3.05) is 13.2 Å². The Morgan fingerprint density at radius 3 is 2.50 bits per heavy atom. The van der Waals surface area contributed by atoms with E-state index < -0.39 is 0 Å². The quantitative estimate of drug-likeness (QED) is 0.457. The van der Waals surface area contributed by atoms with Gasteiger partial charge in [-0.05, 0) is 24.5 Å². The van der Waals surface area contributed by atoms with Crippen LogP contribution in [0.3, 0.4) is 0 Å². The zero-order valence-corrected chi connectivity index (χ0v) is 11.1. The molecule has 0 bridgehead atoms. The average molecular weight is 247 g/mol. The summed E-state index contributed by atoms with van der Waals surface area (Å²) in [5.41, 5.74) is 2.60. The van der Waals surface area contributed by atoms with Crippen LogP contribution >= 0.6 is 0 Å². The fourth-order valence-corrected chi connectivity index (χ4v) is 1.54. The van der Waals surface area contributed by atoms with Gasteiger partial charge in [-0.25, -0.2) is 4.79 Å². The van der Waals surface area contributed by atoms with Crippen LogP contribution in [0, 0.1) is 0 Å². The van der Waals surface area contributed by atoms with E-state index >= 15 is 0 Å². The molecule has 3 heteroatoms. The van der Waals surface area contributed by atoms with Crippen LogP contribution in [0.15, 0.2) is 36.4 Å². The Labute approximate surface area is 109 Å². The molecule has 1 N–H and O–H groups in total. The number of rotatable bonds is 7. The van der Waals surface area contributed by atoms with E-state index in [0.29, 0.717) is 13.2 Å². The lowest BCUT2D eigenvalue weighted by Gasteiger charge is -2.03. The van der Waals surface area contributed by atoms with Crippen molar-refractivity contribution < 1.29 is 9.53 Å². The highest BCUT2D eigenvalue weighted by atomic mass is 16.5. The maximum Gasteiger partial charge on any atom is 0.330 e. The van der Waals surface area contributed by atoms with Gasteiger partial charge in [-0.3, -0.25) is 0 Å². The highest BCUT2D eigenvalue weighted by molar-refractivity contribution is 5.81. The van der Waals surface area contributed by atoms with Gasteiger partial charge >= 0.3 is 5.97 Å². The maximum absolute atomic E-state index is 11.0. The normalized spacial score (nSPS) is 10.8. The zero-order chi connectivity index (χ0) is 13.2. The third-order valence-electron chi connectivity index (χ3n) is 2.56. The predicted octanol–water partition coefficient (Wildman–Crippen LogP) is 2.46. The van der Waals surface area contributed by atoms with Gasteiger partial charge in [-0.2, -0.15) is 0 Å². The number of esters is 1. The van der Waals surface area contributed by atoms with Gasteiger partial charge in [0, 0.05) is 19.2 Å². The Balaban J connectivity index is 2.23. The monoisotopic (exact) mass is 247 g/mol. The Bertz CT molecular complexity index is 382. The summed E-state index contributed by atoms with van der Waals surface area (Å²) >= 11 is 0. The molecule has 0 aliphatic heterocycles. The second-order valence-corrected chi connectivity index (χ2v) is 3.96. The number of nitrogens with one attached hydrogen (secondary N) is 1. The van der Waals surface area contributed by atoms with E-state index in [1.807, 2.05) is 0 Å². The van der Waals surface area contributed by atoms with Gasteiger partial charge < -0.3 is 10.1 Å². The molecule has 0 aromatic heterocycles. The Morgan fingerprint density at radius 1 is 1.22 bits per heavy atom. The number of hydrogen-bond acceptors (Lipinski definition) is 3. The number of carbonyl (C=O) groups is 1. The van der Waals surface area contributed by atoms with Gasteiger partial charge in [-0.15, -0.1) is 0 Å². The number of hydrogen-bond donors (Lipinski definition) is 1. The van der Waals surface area contributed by atoms with Crippen molar-refractivity contribution in [1.82, 2.24) is 5.32 Å². The largest absolute Gasteiger partial charge is 0.463 e. The van der Waals surface area contributed by atoms with Crippen molar-refractivity contribution in [2.24, 2.45) is 0 Å². The minimum atomic E-state index is -0.286. The molecule has 0 aliphatic rings. The van der Waals surface area contributed by atoms with E-state index in [0.717, 1.165) is 13.0 Å². The fourth-order valence-electron chi connectivity index (χ4n) is 1.54. The summed E-state index contributed by atoms with van der Waals surface area (Å²) < 4.78 is 4.78. The lowest BCUT2D eigenvalue weighted by atomic mass is 10.1. The van der Waals surface area contributed by atoms with E-state index in [-0.39, 0.29) is 5.97 Å². The van der Waals surface area contributed by atoms with Crippen molar-refractivity contribution >= 4 is 5.97 Å². The first kappa shape index (κ1) is 14.5. The predicted molar refractivity (Wildman–Crippen MR) is 73.3 cm³/mol. The van der Waals surface area contributed by atoms with Crippen LogP contribution in [-0.2, 0) is 22.5 Å². The summed E-state index contributed by atoms with van der Waals surface area (Å²) in [5, 5.41) is 3.24. The molecule has 0 saturated carbocycles. The summed E-state index contributed by atoms with van der Waals surface area (Å²) in [7, 11) is 0. The van der Waals surface area contributed by atoms with Crippen LogP contribution in [0.2, 0.25) is 0 Å². The highest BCUT2D eigenvalue weighted by Gasteiger charge is 1.94. The molecule has 1 aromatic carbocycles. The third kappa shape index (κ3) is 5.64. The SMILES string of the molecule is CCOC(=O)/C=C/CNCc1ccc(CC)cc1. The minimum Gasteiger partial charge on any atom is -0.463 e. The summed E-state index contributed by atoms with van der Waals surface area (Å²) in [4.78, 5) is 11.0. The number of benzene rings is 1. The second-order valence-electron chi connectivity index (χ2n) is 3.96. The lowest BCUT2D eigenvalue weighted by Crippen LogP contribution is -2.13. The van der Waals surface area contributed by atoms with E-state index in [2.05, 4.69) is 36.5 Å². The molecule has 0 aliphatic carbocycles. The number of carbonyl (C=O) groups excluding carboxylic acids is 1. The minimum absolute atomic E-state index is 0.286. The van der Waals surface area contributed by atoms with Gasteiger partial charge in [0.25, 0.3) is 0 Å². The molecule has 0 spiro atoms. The van der Waals surface area contributed by atoms with Crippen LogP contribution in [0.1, 0.15) is 25.0 Å². The Morgan fingerprint density at radius 2 is 1.89 bits per heavy atom. The van der Waals surface area contributed by atoms with Crippen LogP contribution < -0.4 is 5.32 Å². The summed E-state index contributed by atoms with van der Waals surface area (Å²) in [6, 6.07) is 8.54. The number of ether oxygens (including phenoxy) is 1. The van der Waals surface area contributed by atoms with Crippen molar-refractivity contribution in [1.29, 1.82) is 0 Å². The third-order valence-corrected chi connectivity index (χ3v) is 2.56. The molecule has 0 fully saturated rings. The van der Waals surface area contributed by atoms with E-state index in [1.54, 1.807) is 13.0 Å². The van der Waals surface area contributed by atoms with Crippen LogP contribution in [0.5, 0.6) is 0 Å². The Hall–Kier alpha value is -1.61. The van der Waals surface area contributed by atoms with Crippen LogP contribution in [0.25, 0.3) is 0 Å². The van der Waals surface area contributed by atoms with Gasteiger partial charge in [0.1, 0.15) is 0 Å². The first-order chi connectivity index (χ1) is 8.76. The summed E-state index contributed by atoms with van der Waals surface area (Å²) in [6.45, 7) is 5.82. The van der Waals surface area contributed by atoms with Crippen molar-refractivity contribution in [3.8, 4) is 0 Å². The standard InChI is InChI=1S/C15H21NO2/c1-3-13-7-9-14(10-8-13)12-16-11-5-6-15(17)18-4-2/h5-10,16H,3-4,11-12H2,1-2H3/b6-5+. The fraction of sp³-hybridized carbons (Fsp3) is 0.400. The number of aryl methyl sites for hydroxylation is 1. The van der Waals surface area contributed by atoms with Gasteiger partial charge in [0.15, 0.2) is 0 Å². The van der Waals surface area contributed by atoms with Gasteiger partial charge in [0.2, 0.25) is 0 Å².